The van der Waals surface area contributed by atoms with E-state index in [0.29, 0.717) is 11.3 Å². The van der Waals surface area contributed by atoms with E-state index in [1.54, 1.807) is 55.6 Å². The zero-order valence-corrected chi connectivity index (χ0v) is 15.9. The van der Waals surface area contributed by atoms with Crippen LogP contribution in [0.3, 0.4) is 0 Å². The van der Waals surface area contributed by atoms with Crippen molar-refractivity contribution in [2.45, 2.75) is 0 Å². The van der Waals surface area contributed by atoms with E-state index >= 15 is 0 Å². The van der Waals surface area contributed by atoms with Gasteiger partial charge in [-0.3, -0.25) is 9.59 Å². The topological polar surface area (TPSA) is 108 Å². The van der Waals surface area contributed by atoms with Crippen LogP contribution in [0, 0.1) is 0 Å². The average molecular weight is 393 g/mol. The number of nitrogens with one attached hydrogen (secondary N) is 1. The largest absolute Gasteiger partial charge is 0.497 e. The van der Waals surface area contributed by atoms with Crippen molar-refractivity contribution < 1.29 is 19.1 Å². The summed E-state index contributed by atoms with van der Waals surface area (Å²) >= 11 is 0. The van der Waals surface area contributed by atoms with Crippen molar-refractivity contribution in [2.75, 3.05) is 20.8 Å². The van der Waals surface area contributed by atoms with Gasteiger partial charge in [-0.05, 0) is 35.0 Å². The molecular weight excluding hydrogens is 374 g/mol. The Morgan fingerprint density at radius 2 is 1.86 bits per heavy atom. The Kier molecular flexibility index (Phi) is 6.31. The van der Waals surface area contributed by atoms with E-state index in [1.165, 1.54) is 13.3 Å². The number of carbonyl (C=O) groups is 2. The molecular formula is C20H19N5O4. The number of ether oxygens (including phenoxy) is 2. The van der Waals surface area contributed by atoms with Crippen LogP contribution in [-0.4, -0.2) is 53.8 Å². The first-order chi connectivity index (χ1) is 14.1. The summed E-state index contributed by atoms with van der Waals surface area (Å²) in [5, 5.41) is 14.3. The minimum atomic E-state index is -0.502. The van der Waals surface area contributed by atoms with Gasteiger partial charge in [0.1, 0.15) is 5.75 Å². The van der Waals surface area contributed by atoms with Crippen molar-refractivity contribution in [3.8, 4) is 11.6 Å². The van der Waals surface area contributed by atoms with Gasteiger partial charge in [-0.2, -0.15) is 5.10 Å². The molecule has 1 heterocycles. The summed E-state index contributed by atoms with van der Waals surface area (Å²) in [5.41, 5.74) is 1.20. The molecule has 3 aromatic rings. The number of Topliss-reactive ketones (excluding diaryl/α,β-unsaturated/α-hetero) is 1. The lowest BCUT2D eigenvalue weighted by Crippen LogP contribution is -2.21. The highest BCUT2D eigenvalue weighted by atomic mass is 16.5. The van der Waals surface area contributed by atoms with Gasteiger partial charge >= 0.3 is 0 Å². The molecule has 0 unspecified atom stereocenters. The lowest BCUT2D eigenvalue weighted by Gasteiger charge is -2.06. The van der Waals surface area contributed by atoms with Crippen molar-refractivity contribution in [3.63, 3.8) is 0 Å². The lowest BCUT2D eigenvalue weighted by molar-refractivity contribution is 0.0898. The van der Waals surface area contributed by atoms with Crippen LogP contribution >= 0.6 is 0 Å². The number of nitrogens with zero attached hydrogens (tertiary/aromatic N) is 4. The van der Waals surface area contributed by atoms with Gasteiger partial charge in [-0.15, -0.1) is 5.10 Å². The standard InChI is InChI=1S/C20H19N5O4/c1-21-19(27)18-20(29-13-17(26)15-6-4-3-5-7-15)25(24-23-18)22-12-14-8-10-16(28-2)11-9-14/h3-12H,13H2,1-2H3,(H,21,27)/b22-12+. The van der Waals surface area contributed by atoms with E-state index < -0.39 is 5.91 Å². The molecule has 148 valence electrons. The molecule has 0 atom stereocenters. The minimum Gasteiger partial charge on any atom is -0.497 e. The van der Waals surface area contributed by atoms with Crippen LogP contribution in [0.1, 0.15) is 26.4 Å². The van der Waals surface area contributed by atoms with Crippen molar-refractivity contribution in [3.05, 3.63) is 71.4 Å². The number of rotatable bonds is 8. The van der Waals surface area contributed by atoms with E-state index in [1.807, 2.05) is 6.07 Å². The van der Waals surface area contributed by atoms with Crippen LogP contribution in [0.4, 0.5) is 0 Å². The van der Waals surface area contributed by atoms with Crippen LogP contribution in [-0.2, 0) is 0 Å². The third kappa shape index (κ3) is 4.83. The molecule has 0 radical (unpaired) electrons. The third-order valence-corrected chi connectivity index (χ3v) is 3.92. The summed E-state index contributed by atoms with van der Waals surface area (Å²) in [5.74, 6) is -0.0648. The molecule has 3 rings (SSSR count). The normalized spacial score (nSPS) is 10.7. The van der Waals surface area contributed by atoms with E-state index in [9.17, 15) is 9.59 Å². The Hall–Kier alpha value is -4.01. The van der Waals surface area contributed by atoms with Crippen LogP contribution in [0.25, 0.3) is 0 Å². The second-order valence-corrected chi connectivity index (χ2v) is 5.81. The second-order valence-electron chi connectivity index (χ2n) is 5.81. The van der Waals surface area contributed by atoms with Gasteiger partial charge in [0.15, 0.2) is 12.4 Å². The second kappa shape index (κ2) is 9.27. The van der Waals surface area contributed by atoms with Crippen LogP contribution in [0.5, 0.6) is 11.6 Å². The Morgan fingerprint density at radius 3 is 2.52 bits per heavy atom. The molecule has 9 heteroatoms. The molecule has 9 nitrogen and oxygen atoms in total. The van der Waals surface area contributed by atoms with Gasteiger partial charge in [0, 0.05) is 12.6 Å². The SMILES string of the molecule is CNC(=O)c1nnn(/N=C/c2ccc(OC)cc2)c1OCC(=O)c1ccccc1. The number of amides is 1. The summed E-state index contributed by atoms with van der Waals surface area (Å²) in [6, 6.07) is 15.9. The number of aromatic nitrogens is 3. The van der Waals surface area contributed by atoms with E-state index in [-0.39, 0.29) is 24.0 Å². The van der Waals surface area contributed by atoms with Gasteiger partial charge in [0.2, 0.25) is 5.69 Å². The summed E-state index contributed by atoms with van der Waals surface area (Å²) in [6.45, 7) is -0.292. The van der Waals surface area contributed by atoms with Gasteiger partial charge in [0.25, 0.3) is 11.8 Å². The van der Waals surface area contributed by atoms with Crippen molar-refractivity contribution in [2.24, 2.45) is 5.10 Å². The van der Waals surface area contributed by atoms with Crippen LogP contribution in [0.15, 0.2) is 59.7 Å². The number of carbonyl (C=O) groups excluding carboxylic acids is 2. The predicted octanol–water partition coefficient (Wildman–Crippen LogP) is 1.79. The summed E-state index contributed by atoms with van der Waals surface area (Å²) in [4.78, 5) is 25.4. The van der Waals surface area contributed by atoms with E-state index in [0.717, 1.165) is 10.4 Å². The van der Waals surface area contributed by atoms with Gasteiger partial charge in [0.05, 0.1) is 13.3 Å². The first-order valence-corrected chi connectivity index (χ1v) is 8.69. The fourth-order valence-corrected chi connectivity index (χ4v) is 2.38. The monoisotopic (exact) mass is 393 g/mol. The van der Waals surface area contributed by atoms with Crippen LogP contribution < -0.4 is 14.8 Å². The average Bonchev–Trinajstić information content (AvgIpc) is 3.19. The number of ketones is 1. The molecule has 1 amide bonds. The van der Waals surface area contributed by atoms with Gasteiger partial charge < -0.3 is 14.8 Å². The number of hydrogen-bond acceptors (Lipinski definition) is 7. The summed E-state index contributed by atoms with van der Waals surface area (Å²) in [7, 11) is 3.04. The van der Waals surface area contributed by atoms with Gasteiger partial charge in [-0.25, -0.2) is 0 Å². The maximum absolute atomic E-state index is 12.3. The fraction of sp³-hybridized carbons (Fsp3) is 0.150. The van der Waals surface area contributed by atoms with E-state index in [4.69, 9.17) is 9.47 Å². The molecule has 0 aliphatic heterocycles. The number of methoxy groups -OCH3 is 1. The molecule has 0 aliphatic carbocycles. The molecule has 0 fully saturated rings. The maximum atomic E-state index is 12.3. The molecule has 29 heavy (non-hydrogen) atoms. The smallest absolute Gasteiger partial charge is 0.277 e. The highest BCUT2D eigenvalue weighted by molar-refractivity contribution is 5.97. The molecule has 0 spiro atoms. The number of hydrogen-bond donors (Lipinski definition) is 1. The fourth-order valence-electron chi connectivity index (χ4n) is 2.38. The van der Waals surface area contributed by atoms with Crippen molar-refractivity contribution in [1.29, 1.82) is 0 Å². The first kappa shape index (κ1) is 19.7. The highest BCUT2D eigenvalue weighted by Crippen LogP contribution is 2.17. The molecule has 2 aromatic carbocycles. The minimum absolute atomic E-state index is 0.0293. The molecule has 1 aromatic heterocycles. The molecule has 0 bridgehead atoms. The Morgan fingerprint density at radius 1 is 1.14 bits per heavy atom. The van der Waals surface area contributed by atoms with Crippen molar-refractivity contribution in [1.82, 2.24) is 20.4 Å². The first-order valence-electron chi connectivity index (χ1n) is 8.69. The van der Waals surface area contributed by atoms with Gasteiger partial charge in [-0.1, -0.05) is 35.1 Å². The van der Waals surface area contributed by atoms with Crippen molar-refractivity contribution >= 4 is 17.9 Å². The molecule has 1 N–H and O–H groups in total. The maximum Gasteiger partial charge on any atom is 0.277 e. The zero-order valence-electron chi connectivity index (χ0n) is 15.9. The summed E-state index contributed by atoms with van der Waals surface area (Å²) < 4.78 is 10.7. The molecule has 0 saturated heterocycles. The van der Waals surface area contributed by atoms with Crippen LogP contribution in [0.2, 0.25) is 0 Å². The quantitative estimate of drug-likeness (QED) is 0.462. The Labute approximate surface area is 166 Å². The Balaban J connectivity index is 1.81. The highest BCUT2D eigenvalue weighted by Gasteiger charge is 2.21. The predicted molar refractivity (Wildman–Crippen MR) is 106 cm³/mol. The number of benzene rings is 2. The zero-order chi connectivity index (χ0) is 20.6. The van der Waals surface area contributed by atoms with E-state index in [2.05, 4.69) is 20.7 Å². The molecule has 0 saturated carbocycles. The third-order valence-electron chi connectivity index (χ3n) is 3.92. The lowest BCUT2D eigenvalue weighted by atomic mass is 10.1. The Bertz CT molecular complexity index is 1010. The summed E-state index contributed by atoms with van der Waals surface area (Å²) in [6.07, 6.45) is 1.52. The molecule has 0 aliphatic rings.